The maximum Gasteiger partial charge on any atom is 0.416 e. The number of halogens is 4. The Morgan fingerprint density at radius 2 is 1.52 bits per heavy atom. The summed E-state index contributed by atoms with van der Waals surface area (Å²) in [4.78, 5) is 11.8. The number of allylic oxidation sites excluding steroid dienone is 1. The van der Waals surface area contributed by atoms with Gasteiger partial charge < -0.3 is 0 Å². The standard InChI is InChI=1S/C16H10ClF3O/c17-14-8-4-12(5-9-14)15(21)10-3-11-1-6-13(7-2-11)16(18,19)20/h1-10H/b10-3+. The topological polar surface area (TPSA) is 17.1 Å². The molecule has 0 fully saturated rings. The Morgan fingerprint density at radius 1 is 0.952 bits per heavy atom. The first-order valence-electron chi connectivity index (χ1n) is 6.01. The van der Waals surface area contributed by atoms with Crippen LogP contribution in [0.5, 0.6) is 0 Å². The average molecular weight is 311 g/mol. The zero-order chi connectivity index (χ0) is 15.5. The van der Waals surface area contributed by atoms with Crippen molar-refractivity contribution in [2.45, 2.75) is 6.18 Å². The molecule has 1 nitrogen and oxygen atoms in total. The maximum atomic E-state index is 12.4. The fraction of sp³-hybridized carbons (Fsp3) is 0.0625. The van der Waals surface area contributed by atoms with E-state index in [-0.39, 0.29) is 5.78 Å². The molecule has 0 saturated carbocycles. The highest BCUT2D eigenvalue weighted by molar-refractivity contribution is 6.30. The van der Waals surface area contributed by atoms with Crippen molar-refractivity contribution in [2.75, 3.05) is 0 Å². The smallest absolute Gasteiger partial charge is 0.289 e. The van der Waals surface area contributed by atoms with Gasteiger partial charge in [0.1, 0.15) is 0 Å². The van der Waals surface area contributed by atoms with Gasteiger partial charge in [-0.05, 0) is 48.0 Å². The van der Waals surface area contributed by atoms with Crippen LogP contribution in [0.15, 0.2) is 54.6 Å². The lowest BCUT2D eigenvalue weighted by molar-refractivity contribution is -0.137. The summed E-state index contributed by atoms with van der Waals surface area (Å²) < 4.78 is 37.2. The van der Waals surface area contributed by atoms with Crippen LogP contribution in [0.2, 0.25) is 5.02 Å². The summed E-state index contributed by atoms with van der Waals surface area (Å²) in [6, 6.07) is 11.0. The Morgan fingerprint density at radius 3 is 2.05 bits per heavy atom. The van der Waals surface area contributed by atoms with Gasteiger partial charge in [-0.15, -0.1) is 0 Å². The van der Waals surface area contributed by atoms with Gasteiger partial charge in [-0.25, -0.2) is 0 Å². The molecule has 0 N–H and O–H groups in total. The Hall–Kier alpha value is -2.07. The summed E-state index contributed by atoms with van der Waals surface area (Å²) in [5.41, 5.74) is 0.261. The van der Waals surface area contributed by atoms with Gasteiger partial charge >= 0.3 is 6.18 Å². The minimum Gasteiger partial charge on any atom is -0.289 e. The molecule has 21 heavy (non-hydrogen) atoms. The number of rotatable bonds is 3. The van der Waals surface area contributed by atoms with Crippen molar-refractivity contribution in [1.82, 2.24) is 0 Å². The van der Waals surface area contributed by atoms with E-state index in [1.54, 1.807) is 24.3 Å². The molecular formula is C16H10ClF3O. The molecule has 0 saturated heterocycles. The zero-order valence-corrected chi connectivity index (χ0v) is 11.4. The summed E-state index contributed by atoms with van der Waals surface area (Å²) in [5.74, 6) is -0.244. The van der Waals surface area contributed by atoms with Crippen molar-refractivity contribution in [1.29, 1.82) is 0 Å². The van der Waals surface area contributed by atoms with E-state index in [0.717, 1.165) is 12.1 Å². The van der Waals surface area contributed by atoms with Crippen molar-refractivity contribution in [3.63, 3.8) is 0 Å². The molecule has 0 aliphatic heterocycles. The molecule has 0 amide bonds. The van der Waals surface area contributed by atoms with E-state index in [0.29, 0.717) is 16.1 Å². The molecule has 0 aromatic heterocycles. The SMILES string of the molecule is O=C(/C=C/c1ccc(C(F)(F)F)cc1)c1ccc(Cl)cc1. The Labute approximate surface area is 124 Å². The number of ketones is 1. The van der Waals surface area contributed by atoms with Crippen LogP contribution in [-0.4, -0.2) is 5.78 Å². The van der Waals surface area contributed by atoms with Gasteiger partial charge in [0, 0.05) is 10.6 Å². The third-order valence-corrected chi connectivity index (χ3v) is 3.05. The van der Waals surface area contributed by atoms with E-state index in [4.69, 9.17) is 11.6 Å². The minimum absolute atomic E-state index is 0.244. The van der Waals surface area contributed by atoms with Crippen molar-refractivity contribution in [2.24, 2.45) is 0 Å². The van der Waals surface area contributed by atoms with E-state index < -0.39 is 11.7 Å². The molecule has 2 aromatic carbocycles. The van der Waals surface area contributed by atoms with Gasteiger partial charge in [0.05, 0.1) is 5.56 Å². The van der Waals surface area contributed by atoms with Crippen molar-refractivity contribution in [3.05, 3.63) is 76.3 Å². The molecule has 108 valence electrons. The third-order valence-electron chi connectivity index (χ3n) is 2.79. The third kappa shape index (κ3) is 4.20. The fourth-order valence-electron chi connectivity index (χ4n) is 1.67. The second kappa shape index (κ2) is 6.14. The first kappa shape index (κ1) is 15.3. The first-order chi connectivity index (χ1) is 9.86. The van der Waals surface area contributed by atoms with Gasteiger partial charge in [-0.1, -0.05) is 29.8 Å². The molecular weight excluding hydrogens is 301 g/mol. The fourth-order valence-corrected chi connectivity index (χ4v) is 1.79. The average Bonchev–Trinajstić information content (AvgIpc) is 2.45. The van der Waals surface area contributed by atoms with Crippen molar-refractivity contribution >= 4 is 23.5 Å². The molecule has 2 rings (SSSR count). The summed E-state index contributed by atoms with van der Waals surface area (Å²) in [5, 5.41) is 0.526. The molecule has 0 atom stereocenters. The van der Waals surface area contributed by atoms with E-state index in [1.165, 1.54) is 24.3 Å². The first-order valence-corrected chi connectivity index (χ1v) is 6.39. The van der Waals surface area contributed by atoms with E-state index in [9.17, 15) is 18.0 Å². The second-order valence-corrected chi connectivity index (χ2v) is 4.76. The highest BCUT2D eigenvalue weighted by Crippen LogP contribution is 2.29. The van der Waals surface area contributed by atoms with Gasteiger partial charge in [0.2, 0.25) is 0 Å². The van der Waals surface area contributed by atoms with Crippen LogP contribution in [0.25, 0.3) is 6.08 Å². The van der Waals surface area contributed by atoms with Crippen molar-refractivity contribution in [3.8, 4) is 0 Å². The number of hydrogen-bond donors (Lipinski definition) is 0. The summed E-state index contributed by atoms with van der Waals surface area (Å²) in [6.45, 7) is 0. The molecule has 0 spiro atoms. The van der Waals surface area contributed by atoms with Gasteiger partial charge in [-0.2, -0.15) is 13.2 Å². The quantitative estimate of drug-likeness (QED) is 0.558. The van der Waals surface area contributed by atoms with Crippen LogP contribution in [0, 0.1) is 0 Å². The van der Waals surface area contributed by atoms with Gasteiger partial charge in [0.25, 0.3) is 0 Å². The molecule has 0 unspecified atom stereocenters. The monoisotopic (exact) mass is 310 g/mol. The molecule has 0 aliphatic rings. The number of hydrogen-bond acceptors (Lipinski definition) is 1. The van der Waals surface area contributed by atoms with Crippen LogP contribution >= 0.6 is 11.6 Å². The minimum atomic E-state index is -4.36. The summed E-state index contributed by atoms with van der Waals surface area (Å²) in [6.07, 6.45) is -1.58. The van der Waals surface area contributed by atoms with Gasteiger partial charge in [-0.3, -0.25) is 4.79 Å². The highest BCUT2D eigenvalue weighted by Gasteiger charge is 2.29. The lowest BCUT2D eigenvalue weighted by Gasteiger charge is -2.05. The molecule has 0 aliphatic carbocycles. The predicted octanol–water partition coefficient (Wildman–Crippen LogP) is 5.25. The Bertz CT molecular complexity index is 655. The lowest BCUT2D eigenvalue weighted by atomic mass is 10.1. The summed E-state index contributed by atoms with van der Waals surface area (Å²) in [7, 11) is 0. The zero-order valence-electron chi connectivity index (χ0n) is 10.7. The number of carbonyl (C=O) groups is 1. The van der Waals surface area contributed by atoms with Crippen LogP contribution in [0.3, 0.4) is 0 Å². The van der Waals surface area contributed by atoms with Gasteiger partial charge in [0.15, 0.2) is 5.78 Å². The van der Waals surface area contributed by atoms with E-state index >= 15 is 0 Å². The molecule has 2 aromatic rings. The molecule has 0 heterocycles. The van der Waals surface area contributed by atoms with Crippen molar-refractivity contribution < 1.29 is 18.0 Å². The predicted molar refractivity (Wildman–Crippen MR) is 76.3 cm³/mol. The summed E-state index contributed by atoms with van der Waals surface area (Å²) >= 11 is 5.72. The number of benzene rings is 2. The normalized spacial score (nSPS) is 11.8. The number of alkyl halides is 3. The largest absolute Gasteiger partial charge is 0.416 e. The number of carbonyl (C=O) groups excluding carboxylic acids is 1. The molecule has 0 radical (unpaired) electrons. The lowest BCUT2D eigenvalue weighted by Crippen LogP contribution is -2.04. The maximum absolute atomic E-state index is 12.4. The van der Waals surface area contributed by atoms with E-state index in [1.807, 2.05) is 0 Å². The Kier molecular flexibility index (Phi) is 4.48. The van der Waals surface area contributed by atoms with Crippen LogP contribution in [0.4, 0.5) is 13.2 Å². The molecule has 5 heteroatoms. The highest BCUT2D eigenvalue weighted by atomic mass is 35.5. The Balaban J connectivity index is 2.10. The van der Waals surface area contributed by atoms with E-state index in [2.05, 4.69) is 0 Å². The molecule has 0 bridgehead atoms. The van der Waals surface area contributed by atoms with Crippen LogP contribution < -0.4 is 0 Å². The van der Waals surface area contributed by atoms with Crippen LogP contribution in [0.1, 0.15) is 21.5 Å². The second-order valence-electron chi connectivity index (χ2n) is 4.32. The van der Waals surface area contributed by atoms with Crippen LogP contribution in [-0.2, 0) is 6.18 Å².